The molecule has 2 aromatic carbocycles. The Kier molecular flexibility index (Phi) is 6.46. The number of ether oxygens (including phenoxy) is 1. The van der Waals surface area contributed by atoms with Crippen LogP contribution >= 0.6 is 11.6 Å². The molecule has 0 aliphatic carbocycles. The van der Waals surface area contributed by atoms with Crippen molar-refractivity contribution in [2.75, 3.05) is 13.1 Å². The maximum Gasteiger partial charge on any atom is 0.573 e. The van der Waals surface area contributed by atoms with Crippen LogP contribution in [0.4, 0.5) is 13.2 Å². The zero-order valence-electron chi connectivity index (χ0n) is 13.3. The van der Waals surface area contributed by atoms with Crippen LogP contribution in [0.3, 0.4) is 0 Å². The molecule has 0 bridgehead atoms. The highest BCUT2D eigenvalue weighted by molar-refractivity contribution is 6.33. The monoisotopic (exact) mass is 386 g/mol. The highest BCUT2D eigenvalue weighted by atomic mass is 35.5. The van der Waals surface area contributed by atoms with Gasteiger partial charge in [-0.05, 0) is 36.4 Å². The summed E-state index contributed by atoms with van der Waals surface area (Å²) in [7, 11) is 0. The number of carbonyl (C=O) groups is 2. The molecule has 0 spiro atoms. The van der Waals surface area contributed by atoms with E-state index in [1.807, 2.05) is 0 Å². The molecule has 0 fully saturated rings. The van der Waals surface area contributed by atoms with Crippen LogP contribution in [0.1, 0.15) is 20.7 Å². The van der Waals surface area contributed by atoms with Gasteiger partial charge in [-0.2, -0.15) is 0 Å². The lowest BCUT2D eigenvalue weighted by atomic mass is 10.2. The van der Waals surface area contributed by atoms with Gasteiger partial charge in [0.2, 0.25) is 0 Å². The van der Waals surface area contributed by atoms with Gasteiger partial charge in [-0.15, -0.1) is 13.2 Å². The van der Waals surface area contributed by atoms with Crippen LogP contribution in [0.2, 0.25) is 5.02 Å². The van der Waals surface area contributed by atoms with Gasteiger partial charge in [0, 0.05) is 18.7 Å². The number of hydrogen-bond donors (Lipinski definition) is 2. The molecular weight excluding hydrogens is 373 g/mol. The molecule has 0 heterocycles. The number of nitrogens with one attached hydrogen (secondary N) is 2. The van der Waals surface area contributed by atoms with Gasteiger partial charge < -0.3 is 15.4 Å². The van der Waals surface area contributed by atoms with Crippen LogP contribution in [-0.2, 0) is 0 Å². The number of hydrogen-bond acceptors (Lipinski definition) is 3. The third-order valence-corrected chi connectivity index (χ3v) is 3.49. The summed E-state index contributed by atoms with van der Waals surface area (Å²) in [5.74, 6) is -1.28. The average Bonchev–Trinajstić information content (AvgIpc) is 2.58. The third-order valence-electron chi connectivity index (χ3n) is 3.16. The number of benzene rings is 2. The number of amides is 2. The second-order valence-electron chi connectivity index (χ2n) is 5.06. The Morgan fingerprint density at radius 3 is 2.08 bits per heavy atom. The van der Waals surface area contributed by atoms with Crippen molar-refractivity contribution in [2.45, 2.75) is 6.36 Å². The Hall–Kier alpha value is -2.74. The number of halogens is 4. The van der Waals surface area contributed by atoms with Gasteiger partial charge in [-0.3, -0.25) is 9.59 Å². The molecule has 2 aromatic rings. The second kappa shape index (κ2) is 8.57. The van der Waals surface area contributed by atoms with E-state index in [0.29, 0.717) is 10.6 Å². The first kappa shape index (κ1) is 19.6. The zero-order valence-corrected chi connectivity index (χ0v) is 14.0. The van der Waals surface area contributed by atoms with E-state index in [1.54, 1.807) is 24.3 Å². The lowest BCUT2D eigenvalue weighted by Gasteiger charge is -2.10. The average molecular weight is 387 g/mol. The fourth-order valence-corrected chi connectivity index (χ4v) is 2.22. The van der Waals surface area contributed by atoms with Crippen LogP contribution in [0, 0.1) is 0 Å². The smallest absolute Gasteiger partial charge is 0.406 e. The molecule has 138 valence electrons. The first-order valence-electron chi connectivity index (χ1n) is 7.43. The van der Waals surface area contributed by atoms with Crippen molar-refractivity contribution in [3.63, 3.8) is 0 Å². The topological polar surface area (TPSA) is 67.4 Å². The lowest BCUT2D eigenvalue weighted by Crippen LogP contribution is -2.34. The van der Waals surface area contributed by atoms with E-state index in [4.69, 9.17) is 11.6 Å². The molecule has 9 heteroatoms. The molecule has 0 radical (unpaired) electrons. The molecular formula is C17H14ClF3N2O3. The number of carbonyl (C=O) groups excluding carboxylic acids is 2. The molecule has 0 saturated carbocycles. The van der Waals surface area contributed by atoms with Crippen molar-refractivity contribution in [3.05, 3.63) is 64.7 Å². The molecule has 0 aromatic heterocycles. The molecule has 5 nitrogen and oxygen atoms in total. The van der Waals surface area contributed by atoms with Gasteiger partial charge in [-0.25, -0.2) is 0 Å². The molecule has 0 atom stereocenters. The molecule has 26 heavy (non-hydrogen) atoms. The molecule has 2 N–H and O–H groups in total. The molecule has 0 aliphatic rings. The summed E-state index contributed by atoms with van der Waals surface area (Å²) < 4.78 is 39.9. The summed E-state index contributed by atoms with van der Waals surface area (Å²) >= 11 is 5.90. The first-order valence-corrected chi connectivity index (χ1v) is 7.81. The van der Waals surface area contributed by atoms with Gasteiger partial charge in [0.1, 0.15) is 5.75 Å². The maximum absolute atomic E-state index is 12.1. The van der Waals surface area contributed by atoms with Gasteiger partial charge in [0.25, 0.3) is 11.8 Å². The molecule has 0 unspecified atom stereocenters. The van der Waals surface area contributed by atoms with Crippen molar-refractivity contribution < 1.29 is 27.5 Å². The van der Waals surface area contributed by atoms with Crippen LogP contribution in [-0.4, -0.2) is 31.3 Å². The van der Waals surface area contributed by atoms with Crippen LogP contribution in [0.15, 0.2) is 48.5 Å². The summed E-state index contributed by atoms with van der Waals surface area (Å²) in [5.41, 5.74) is 0.484. The molecule has 0 saturated heterocycles. The van der Waals surface area contributed by atoms with E-state index in [9.17, 15) is 22.8 Å². The molecule has 0 aliphatic heterocycles. The van der Waals surface area contributed by atoms with Crippen molar-refractivity contribution in [1.82, 2.24) is 10.6 Å². The number of rotatable bonds is 6. The Morgan fingerprint density at radius 2 is 1.50 bits per heavy atom. The summed E-state index contributed by atoms with van der Waals surface area (Å²) in [6.07, 6.45) is -4.79. The van der Waals surface area contributed by atoms with E-state index < -0.39 is 18.0 Å². The summed E-state index contributed by atoms with van der Waals surface area (Å²) in [4.78, 5) is 23.8. The number of alkyl halides is 3. The zero-order chi connectivity index (χ0) is 19.2. The predicted molar refractivity (Wildman–Crippen MR) is 89.2 cm³/mol. The van der Waals surface area contributed by atoms with Gasteiger partial charge in [0.05, 0.1) is 10.6 Å². The van der Waals surface area contributed by atoms with E-state index in [1.165, 1.54) is 12.1 Å². The Bertz CT molecular complexity index is 780. The quantitative estimate of drug-likeness (QED) is 0.748. The van der Waals surface area contributed by atoms with E-state index in [2.05, 4.69) is 15.4 Å². The summed E-state index contributed by atoms with van der Waals surface area (Å²) in [6, 6.07) is 11.0. The predicted octanol–water partition coefficient (Wildman–Crippen LogP) is 3.40. The Balaban J connectivity index is 1.78. The van der Waals surface area contributed by atoms with Crippen molar-refractivity contribution >= 4 is 23.4 Å². The minimum atomic E-state index is -4.79. The van der Waals surface area contributed by atoms with Crippen molar-refractivity contribution in [3.8, 4) is 5.75 Å². The minimum Gasteiger partial charge on any atom is -0.406 e. The van der Waals surface area contributed by atoms with E-state index in [0.717, 1.165) is 12.1 Å². The van der Waals surface area contributed by atoms with Crippen molar-refractivity contribution in [2.24, 2.45) is 0 Å². The van der Waals surface area contributed by atoms with E-state index in [-0.39, 0.29) is 24.6 Å². The molecule has 2 amide bonds. The third kappa shape index (κ3) is 5.96. The maximum atomic E-state index is 12.1. The molecule has 2 rings (SSSR count). The lowest BCUT2D eigenvalue weighted by molar-refractivity contribution is -0.274. The largest absolute Gasteiger partial charge is 0.573 e. The summed E-state index contributed by atoms with van der Waals surface area (Å²) in [5, 5.41) is 5.45. The van der Waals surface area contributed by atoms with Gasteiger partial charge in [0.15, 0.2) is 0 Å². The SMILES string of the molecule is O=C(NCCNC(=O)c1ccccc1Cl)c1ccc(OC(F)(F)F)cc1. The normalized spacial score (nSPS) is 10.9. The fraction of sp³-hybridized carbons (Fsp3) is 0.176. The summed E-state index contributed by atoms with van der Waals surface area (Å²) in [6.45, 7) is 0.293. The first-order chi connectivity index (χ1) is 12.3. The Labute approximate surface area is 152 Å². The van der Waals surface area contributed by atoms with Crippen molar-refractivity contribution in [1.29, 1.82) is 0 Å². The fourth-order valence-electron chi connectivity index (χ4n) is 2.00. The van der Waals surface area contributed by atoms with Crippen LogP contribution < -0.4 is 15.4 Å². The van der Waals surface area contributed by atoms with Crippen LogP contribution in [0.25, 0.3) is 0 Å². The Morgan fingerprint density at radius 1 is 0.923 bits per heavy atom. The second-order valence-corrected chi connectivity index (χ2v) is 5.47. The highest BCUT2D eigenvalue weighted by Crippen LogP contribution is 2.22. The van der Waals surface area contributed by atoms with Gasteiger partial charge in [-0.1, -0.05) is 23.7 Å². The standard InChI is InChI=1S/C17H14ClF3N2O3/c18-14-4-2-1-3-13(14)16(25)23-10-9-22-15(24)11-5-7-12(8-6-11)26-17(19,20)21/h1-8H,9-10H2,(H,22,24)(H,23,25). The van der Waals surface area contributed by atoms with Gasteiger partial charge >= 0.3 is 6.36 Å². The minimum absolute atomic E-state index is 0.135. The van der Waals surface area contributed by atoms with E-state index >= 15 is 0 Å². The highest BCUT2D eigenvalue weighted by Gasteiger charge is 2.31. The van der Waals surface area contributed by atoms with Crippen LogP contribution in [0.5, 0.6) is 5.75 Å².